The van der Waals surface area contributed by atoms with E-state index >= 15 is 0 Å². The summed E-state index contributed by atoms with van der Waals surface area (Å²) in [6, 6.07) is 0. The molecule has 12 atom stereocenters. The van der Waals surface area contributed by atoms with Gasteiger partial charge in [-0.1, -0.05) is 23.5 Å². The van der Waals surface area contributed by atoms with Gasteiger partial charge in [-0.3, -0.25) is 0 Å². The summed E-state index contributed by atoms with van der Waals surface area (Å²) in [6.45, 7) is 5.93. The number of hydrogen-bond donors (Lipinski definition) is 0. The molecule has 0 amide bonds. The molecular weight excluding hydrogens is 520 g/mol. The molecule has 6 fully saturated rings. The quantitative estimate of drug-likeness (QED) is 0.425. The Bertz CT molecular complexity index is 692. The summed E-state index contributed by atoms with van der Waals surface area (Å²) in [4.78, 5) is 0. The minimum Gasteiger partial charge on any atom is -0.373 e. The standard InChI is InChI=1S/2C11H18O6S/c2*1-4-13-10-9(12-2)8-7(15-10)6-5-14-11(16-6,17-8)18-3/h2*6-10H,4-5H2,1-3H3. The maximum atomic E-state index is 5.91. The van der Waals surface area contributed by atoms with Gasteiger partial charge in [-0.25, -0.2) is 0 Å². The van der Waals surface area contributed by atoms with E-state index in [4.69, 9.17) is 56.8 Å². The van der Waals surface area contributed by atoms with Crippen LogP contribution in [0.3, 0.4) is 0 Å². The molecule has 6 heterocycles. The van der Waals surface area contributed by atoms with Gasteiger partial charge in [0.1, 0.15) is 48.8 Å². The van der Waals surface area contributed by atoms with Crippen molar-refractivity contribution < 1.29 is 56.8 Å². The second kappa shape index (κ2) is 11.4. The molecule has 208 valence electrons. The van der Waals surface area contributed by atoms with Crippen molar-refractivity contribution in [1.82, 2.24) is 0 Å². The van der Waals surface area contributed by atoms with E-state index in [2.05, 4.69) is 0 Å². The van der Waals surface area contributed by atoms with E-state index in [1.807, 2.05) is 26.4 Å². The first-order valence-corrected chi connectivity index (χ1v) is 14.6. The van der Waals surface area contributed by atoms with Crippen LogP contribution in [-0.2, 0) is 56.8 Å². The Morgan fingerprint density at radius 1 is 0.667 bits per heavy atom. The van der Waals surface area contributed by atoms with Crippen LogP contribution in [0.15, 0.2) is 0 Å². The zero-order chi connectivity index (χ0) is 25.5. The number of rotatable bonds is 8. The smallest absolute Gasteiger partial charge is 0.338 e. The minimum absolute atomic E-state index is 0.126. The van der Waals surface area contributed by atoms with Crippen LogP contribution in [0.1, 0.15) is 13.8 Å². The second-order valence-electron chi connectivity index (χ2n) is 8.76. The first-order valence-electron chi connectivity index (χ1n) is 12.1. The van der Waals surface area contributed by atoms with Crippen molar-refractivity contribution in [1.29, 1.82) is 0 Å². The number of methoxy groups -OCH3 is 2. The Morgan fingerprint density at radius 3 is 1.42 bits per heavy atom. The molecule has 4 bridgehead atoms. The Balaban J connectivity index is 0.000000148. The van der Waals surface area contributed by atoms with Gasteiger partial charge in [0.25, 0.3) is 0 Å². The van der Waals surface area contributed by atoms with Crippen molar-refractivity contribution in [3.8, 4) is 0 Å². The normalized spacial score (nSPS) is 50.5. The predicted octanol–water partition coefficient (Wildman–Crippen LogP) is 1.10. The van der Waals surface area contributed by atoms with Crippen molar-refractivity contribution in [3.05, 3.63) is 0 Å². The maximum absolute atomic E-state index is 5.91. The lowest BCUT2D eigenvalue weighted by atomic mass is 10.1. The van der Waals surface area contributed by atoms with Gasteiger partial charge in [-0.05, 0) is 26.4 Å². The fraction of sp³-hybridized carbons (Fsp3) is 1.00. The zero-order valence-electron chi connectivity index (χ0n) is 21.3. The van der Waals surface area contributed by atoms with Crippen LogP contribution in [0.2, 0.25) is 0 Å². The molecule has 36 heavy (non-hydrogen) atoms. The van der Waals surface area contributed by atoms with E-state index in [0.29, 0.717) is 26.4 Å². The van der Waals surface area contributed by atoms with Crippen LogP contribution in [0, 0.1) is 0 Å². The summed E-state index contributed by atoms with van der Waals surface area (Å²) in [6.07, 6.45) is 1.36. The van der Waals surface area contributed by atoms with E-state index in [-0.39, 0.29) is 48.8 Å². The summed E-state index contributed by atoms with van der Waals surface area (Å²) in [5.74, 6) is 0. The van der Waals surface area contributed by atoms with Crippen LogP contribution in [0.5, 0.6) is 0 Å². The first kappa shape index (κ1) is 27.8. The average molecular weight is 557 g/mol. The third-order valence-corrected chi connectivity index (χ3v) is 8.47. The molecule has 0 aromatic rings. The molecule has 6 aliphatic rings. The van der Waals surface area contributed by atoms with Crippen molar-refractivity contribution in [3.63, 3.8) is 0 Å². The number of ether oxygens (including phenoxy) is 12. The van der Waals surface area contributed by atoms with Crippen molar-refractivity contribution in [2.75, 3.05) is 53.2 Å². The van der Waals surface area contributed by atoms with E-state index < -0.39 is 23.2 Å². The summed E-state index contributed by atoms with van der Waals surface area (Å²) >= 11 is 2.78. The number of thioether (sulfide) groups is 2. The molecule has 0 spiro atoms. The maximum Gasteiger partial charge on any atom is 0.338 e. The topological polar surface area (TPSA) is 111 Å². The lowest BCUT2D eigenvalue weighted by molar-refractivity contribution is -0.332. The van der Waals surface area contributed by atoms with Crippen LogP contribution in [-0.4, -0.2) is 125 Å². The summed E-state index contributed by atoms with van der Waals surface area (Å²) in [5.41, 5.74) is 0. The highest BCUT2D eigenvalue weighted by Gasteiger charge is 2.63. The molecule has 0 aromatic heterocycles. The minimum atomic E-state index is -1.01. The van der Waals surface area contributed by atoms with E-state index in [1.54, 1.807) is 14.2 Å². The van der Waals surface area contributed by atoms with Crippen molar-refractivity contribution in [2.45, 2.75) is 85.9 Å². The van der Waals surface area contributed by atoms with Crippen LogP contribution < -0.4 is 0 Å². The zero-order valence-corrected chi connectivity index (χ0v) is 23.0. The molecule has 6 saturated heterocycles. The van der Waals surface area contributed by atoms with Gasteiger partial charge in [0, 0.05) is 27.4 Å². The van der Waals surface area contributed by atoms with Gasteiger partial charge in [0.15, 0.2) is 12.6 Å². The second-order valence-corrected chi connectivity index (χ2v) is 10.6. The first-order chi connectivity index (χ1) is 17.5. The van der Waals surface area contributed by atoms with Crippen molar-refractivity contribution in [2.24, 2.45) is 0 Å². The molecule has 6 aliphatic heterocycles. The van der Waals surface area contributed by atoms with E-state index in [9.17, 15) is 0 Å². The molecular formula is C22H36O12S2. The highest BCUT2D eigenvalue weighted by molar-refractivity contribution is 7.99. The average Bonchev–Trinajstić information content (AvgIpc) is 3.63. The summed E-state index contributed by atoms with van der Waals surface area (Å²) in [7, 11) is 3.27. The van der Waals surface area contributed by atoms with Gasteiger partial charge in [0.05, 0.1) is 13.2 Å². The van der Waals surface area contributed by atoms with E-state index in [1.165, 1.54) is 23.5 Å². The van der Waals surface area contributed by atoms with Crippen LogP contribution in [0.25, 0.3) is 0 Å². The molecule has 0 aromatic carbocycles. The third-order valence-electron chi connectivity index (χ3n) is 6.85. The molecule has 12 unspecified atom stereocenters. The molecule has 14 heteroatoms. The van der Waals surface area contributed by atoms with Crippen LogP contribution >= 0.6 is 23.5 Å². The number of hydrogen-bond acceptors (Lipinski definition) is 14. The molecule has 0 radical (unpaired) electrons. The van der Waals surface area contributed by atoms with Gasteiger partial charge in [-0.2, -0.15) is 0 Å². The highest BCUT2D eigenvalue weighted by atomic mass is 32.2. The molecule has 0 N–H and O–H groups in total. The van der Waals surface area contributed by atoms with Gasteiger partial charge >= 0.3 is 10.6 Å². The van der Waals surface area contributed by atoms with Gasteiger partial charge in [0.2, 0.25) is 0 Å². The van der Waals surface area contributed by atoms with Gasteiger partial charge in [-0.15, -0.1) is 0 Å². The summed E-state index contributed by atoms with van der Waals surface area (Å²) < 4.78 is 68.2. The predicted molar refractivity (Wildman–Crippen MR) is 126 cm³/mol. The fourth-order valence-corrected chi connectivity index (χ4v) is 6.45. The Kier molecular flexibility index (Phi) is 8.77. The van der Waals surface area contributed by atoms with Crippen LogP contribution in [0.4, 0.5) is 0 Å². The summed E-state index contributed by atoms with van der Waals surface area (Å²) in [5, 5.41) is -2.01. The Hall–Kier alpha value is 0.220. The molecule has 6 rings (SSSR count). The third kappa shape index (κ3) is 4.85. The monoisotopic (exact) mass is 556 g/mol. The fourth-order valence-electron chi connectivity index (χ4n) is 5.22. The largest absolute Gasteiger partial charge is 0.373 e. The molecule has 0 saturated carbocycles. The Labute approximate surface area is 219 Å². The Morgan fingerprint density at radius 2 is 1.08 bits per heavy atom. The van der Waals surface area contributed by atoms with E-state index in [0.717, 1.165) is 0 Å². The lowest BCUT2D eigenvalue weighted by Gasteiger charge is -2.36. The molecule has 0 aliphatic carbocycles. The molecule has 12 nitrogen and oxygen atoms in total. The van der Waals surface area contributed by atoms with Gasteiger partial charge < -0.3 is 56.8 Å². The van der Waals surface area contributed by atoms with Crippen molar-refractivity contribution >= 4 is 23.5 Å². The lowest BCUT2D eigenvalue weighted by Crippen LogP contribution is -2.52. The highest BCUT2D eigenvalue weighted by Crippen LogP contribution is 2.48. The number of fused-ring (bicyclic) bond motifs is 8. The SMILES string of the molecule is CCOC1OC2C3COC(SC)(O3)OC2C1OC.CCOC1OC2C3COC(SC)(O3)OC2C1OC.